The van der Waals surface area contributed by atoms with Gasteiger partial charge >= 0.3 is 0 Å². The fourth-order valence-electron chi connectivity index (χ4n) is 0.907. The van der Waals surface area contributed by atoms with Gasteiger partial charge in [0.2, 0.25) is 0 Å². The molecule has 0 amide bonds. The van der Waals surface area contributed by atoms with Gasteiger partial charge < -0.3 is 0 Å². The number of hydrogen-bond acceptors (Lipinski definition) is 5. The minimum Gasteiger partial charge on any atom is -0.286 e. The lowest BCUT2D eigenvalue weighted by molar-refractivity contribution is 0.480. The minimum absolute atomic E-state index is 0.0529. The second-order valence-electron chi connectivity index (χ2n) is 3.13. The highest BCUT2D eigenvalue weighted by molar-refractivity contribution is 7.86. The van der Waals surface area contributed by atoms with E-state index in [-0.39, 0.29) is 24.3 Å². The van der Waals surface area contributed by atoms with Gasteiger partial charge in [-0.1, -0.05) is 0 Å². The molecule has 0 aliphatic carbocycles. The Morgan fingerprint density at radius 1 is 0.812 bits per heavy atom. The van der Waals surface area contributed by atoms with Gasteiger partial charge in [-0.2, -0.15) is 16.8 Å². The van der Waals surface area contributed by atoms with E-state index in [1.54, 1.807) is 0 Å². The Morgan fingerprint density at radius 3 is 1.38 bits per heavy atom. The fourth-order valence-corrected chi connectivity index (χ4v) is 3.43. The van der Waals surface area contributed by atoms with E-state index in [0.29, 0.717) is 0 Å². The topological polar surface area (TPSA) is 126 Å². The third-order valence-corrected chi connectivity index (χ3v) is 4.65. The van der Waals surface area contributed by atoms with Crippen molar-refractivity contribution in [3.8, 4) is 0 Å². The van der Waals surface area contributed by atoms with Crippen LogP contribution in [0.2, 0.25) is 0 Å². The molecule has 98 valence electrons. The lowest BCUT2D eigenvalue weighted by atomic mass is 10.6. The summed E-state index contributed by atoms with van der Waals surface area (Å²) in [6, 6.07) is 0. The van der Waals surface area contributed by atoms with Crippen molar-refractivity contribution in [3.63, 3.8) is 0 Å². The molecule has 0 aromatic heterocycles. The van der Waals surface area contributed by atoms with Crippen LogP contribution in [0.4, 0.5) is 0 Å². The average Bonchev–Trinajstić information content (AvgIpc) is 1.98. The molecule has 0 aromatic rings. The summed E-state index contributed by atoms with van der Waals surface area (Å²) in [5, 5.41) is 0. The molecule has 0 bridgehead atoms. The summed E-state index contributed by atoms with van der Waals surface area (Å²) in [5.74, 6) is -0.773. The lowest BCUT2D eigenvalue weighted by Gasteiger charge is -2.00. The Morgan fingerprint density at radius 2 is 1.12 bits per heavy atom. The zero-order chi connectivity index (χ0) is 12.8. The van der Waals surface area contributed by atoms with E-state index in [9.17, 15) is 21.0 Å². The molecule has 2 N–H and O–H groups in total. The molecule has 0 saturated carbocycles. The first kappa shape index (κ1) is 16.0. The van der Waals surface area contributed by atoms with Gasteiger partial charge in [0, 0.05) is 22.3 Å². The Hall–Kier alpha value is -0.0300. The summed E-state index contributed by atoms with van der Waals surface area (Å²) < 4.78 is 69.1. The van der Waals surface area contributed by atoms with Gasteiger partial charge in [-0.05, 0) is 12.8 Å². The standard InChI is InChI=1S/C6H14O7S3/c7-14(3-1-5-15(8,9)10)4-2-6-16(11,12)13/h1-6H2,(H,8,9,10)(H,11,12,13). The first-order valence-corrected chi connectivity index (χ1v) is 9.06. The third-order valence-electron chi connectivity index (χ3n) is 1.55. The Bertz CT molecular complexity index is 381. The van der Waals surface area contributed by atoms with Crippen molar-refractivity contribution in [3.05, 3.63) is 0 Å². The van der Waals surface area contributed by atoms with Crippen molar-refractivity contribution in [2.24, 2.45) is 0 Å². The van der Waals surface area contributed by atoms with Gasteiger partial charge in [0.05, 0.1) is 11.5 Å². The largest absolute Gasteiger partial charge is 0.286 e. The molecule has 0 unspecified atom stereocenters. The van der Waals surface area contributed by atoms with Gasteiger partial charge in [0.1, 0.15) is 0 Å². The van der Waals surface area contributed by atoms with E-state index in [4.69, 9.17) is 9.11 Å². The Labute approximate surface area is 97.2 Å². The first-order valence-electron chi connectivity index (χ1n) is 4.35. The van der Waals surface area contributed by atoms with Crippen molar-refractivity contribution in [1.29, 1.82) is 0 Å². The van der Waals surface area contributed by atoms with Crippen molar-refractivity contribution in [1.82, 2.24) is 0 Å². The molecule has 0 spiro atoms. The van der Waals surface area contributed by atoms with Crippen molar-refractivity contribution in [2.45, 2.75) is 12.8 Å². The summed E-state index contributed by atoms with van der Waals surface area (Å²) in [4.78, 5) is 0. The highest BCUT2D eigenvalue weighted by Gasteiger charge is 2.08. The molecule has 0 rings (SSSR count). The normalized spacial score (nSPS) is 13.2. The maximum atomic E-state index is 11.2. The molecule has 0 heterocycles. The van der Waals surface area contributed by atoms with Crippen molar-refractivity contribution in [2.75, 3.05) is 23.0 Å². The molecule has 0 atom stereocenters. The predicted octanol–water partition coefficient (Wildman–Crippen LogP) is -0.709. The van der Waals surface area contributed by atoms with Crippen LogP contribution in [0, 0.1) is 0 Å². The molecular weight excluding hydrogens is 280 g/mol. The van der Waals surface area contributed by atoms with E-state index in [0.717, 1.165) is 0 Å². The van der Waals surface area contributed by atoms with Crippen LogP contribution < -0.4 is 0 Å². The highest BCUT2D eigenvalue weighted by Crippen LogP contribution is 1.96. The second-order valence-corrected chi connectivity index (χ2v) is 7.97. The summed E-state index contributed by atoms with van der Waals surface area (Å²) >= 11 is 0. The predicted molar refractivity (Wildman–Crippen MR) is 59.9 cm³/mol. The van der Waals surface area contributed by atoms with Crippen LogP contribution in [-0.4, -0.2) is 53.2 Å². The minimum atomic E-state index is -4.03. The van der Waals surface area contributed by atoms with Crippen LogP contribution in [0.25, 0.3) is 0 Å². The number of hydrogen-bond donors (Lipinski definition) is 2. The molecule has 16 heavy (non-hydrogen) atoms. The summed E-state index contributed by atoms with van der Waals surface area (Å²) in [5.41, 5.74) is 0. The maximum absolute atomic E-state index is 11.2. The van der Waals surface area contributed by atoms with Gasteiger partial charge in [-0.15, -0.1) is 0 Å². The summed E-state index contributed by atoms with van der Waals surface area (Å²) in [6.07, 6.45) is 0.106. The summed E-state index contributed by atoms with van der Waals surface area (Å²) in [7, 11) is -9.41. The molecule has 10 heteroatoms. The van der Waals surface area contributed by atoms with Crippen LogP contribution in [0.15, 0.2) is 0 Å². The quantitative estimate of drug-likeness (QED) is 0.566. The molecule has 7 nitrogen and oxygen atoms in total. The van der Waals surface area contributed by atoms with Crippen LogP contribution in [0.1, 0.15) is 12.8 Å². The van der Waals surface area contributed by atoms with Crippen molar-refractivity contribution >= 4 is 31.0 Å². The molecule has 0 aliphatic rings. The second kappa shape index (κ2) is 6.64. The van der Waals surface area contributed by atoms with Crippen molar-refractivity contribution < 1.29 is 30.1 Å². The first-order chi connectivity index (χ1) is 7.10. The zero-order valence-corrected chi connectivity index (χ0v) is 10.9. The van der Waals surface area contributed by atoms with Crippen LogP contribution >= 0.6 is 0 Å². The molecule has 0 aromatic carbocycles. The van der Waals surface area contributed by atoms with Gasteiger partial charge in [-0.25, -0.2) is 0 Å². The fraction of sp³-hybridized carbons (Fsp3) is 1.00. The molecule has 0 fully saturated rings. The highest BCUT2D eigenvalue weighted by atomic mass is 32.2. The Balaban J connectivity index is 3.69. The van der Waals surface area contributed by atoms with Gasteiger partial charge in [0.25, 0.3) is 20.2 Å². The molecule has 0 aliphatic heterocycles. The monoisotopic (exact) mass is 294 g/mol. The molecular formula is C6H14O7S3. The number of rotatable bonds is 8. The van der Waals surface area contributed by atoms with Crippen LogP contribution in [-0.2, 0) is 31.0 Å². The van der Waals surface area contributed by atoms with Crippen LogP contribution in [0.5, 0.6) is 0 Å². The Kier molecular flexibility index (Phi) is 6.63. The van der Waals surface area contributed by atoms with Gasteiger partial charge in [-0.3, -0.25) is 13.3 Å². The maximum Gasteiger partial charge on any atom is 0.264 e. The van der Waals surface area contributed by atoms with E-state index in [1.807, 2.05) is 0 Å². The third kappa shape index (κ3) is 12.0. The average molecular weight is 294 g/mol. The van der Waals surface area contributed by atoms with E-state index in [2.05, 4.69) is 0 Å². The SMILES string of the molecule is O=S(CCCS(=O)(=O)O)CCCS(=O)(=O)O. The smallest absolute Gasteiger partial charge is 0.264 e. The van der Waals surface area contributed by atoms with Gasteiger partial charge in [0.15, 0.2) is 0 Å². The lowest BCUT2D eigenvalue weighted by Crippen LogP contribution is -2.12. The van der Waals surface area contributed by atoms with Crippen LogP contribution in [0.3, 0.4) is 0 Å². The molecule has 0 saturated heterocycles. The summed E-state index contributed by atoms with van der Waals surface area (Å²) in [6.45, 7) is 0. The van der Waals surface area contributed by atoms with E-state index < -0.39 is 42.5 Å². The zero-order valence-electron chi connectivity index (χ0n) is 8.40. The van der Waals surface area contributed by atoms with E-state index >= 15 is 0 Å². The van der Waals surface area contributed by atoms with E-state index in [1.165, 1.54) is 0 Å². The molecule has 0 radical (unpaired) electrons.